The quantitative estimate of drug-likeness (QED) is 0.907. The lowest BCUT2D eigenvalue weighted by molar-refractivity contribution is -0.149. The van der Waals surface area contributed by atoms with Gasteiger partial charge in [-0.25, -0.2) is 0 Å². The first kappa shape index (κ1) is 15.3. The van der Waals surface area contributed by atoms with Crippen LogP contribution in [0.3, 0.4) is 0 Å². The monoisotopic (exact) mass is 300 g/mol. The van der Waals surface area contributed by atoms with E-state index in [2.05, 4.69) is 5.32 Å². The number of hydrogen-bond donors (Lipinski definition) is 1. The second kappa shape index (κ2) is 5.38. The van der Waals surface area contributed by atoms with Crippen molar-refractivity contribution < 1.29 is 22.8 Å². The summed E-state index contributed by atoms with van der Waals surface area (Å²) in [6.45, 7) is 2.76. The van der Waals surface area contributed by atoms with Gasteiger partial charge in [0, 0.05) is 6.54 Å². The molecule has 0 radical (unpaired) electrons. The summed E-state index contributed by atoms with van der Waals surface area (Å²) < 4.78 is 38.9. The lowest BCUT2D eigenvalue weighted by Gasteiger charge is -2.36. The van der Waals surface area contributed by atoms with Crippen LogP contribution in [0.25, 0.3) is 0 Å². The number of piperazine rings is 1. The number of halogens is 3. The van der Waals surface area contributed by atoms with E-state index in [-0.39, 0.29) is 23.9 Å². The topological polar surface area (TPSA) is 49.4 Å². The zero-order valence-corrected chi connectivity index (χ0v) is 11.6. The van der Waals surface area contributed by atoms with Crippen LogP contribution in [0.1, 0.15) is 25.0 Å². The van der Waals surface area contributed by atoms with Crippen LogP contribution in [-0.2, 0) is 22.3 Å². The molecular formula is C14H15F3N2O2. The summed E-state index contributed by atoms with van der Waals surface area (Å²) in [6, 6.07) is 3.54. The van der Waals surface area contributed by atoms with E-state index in [0.717, 1.165) is 6.07 Å². The average Bonchev–Trinajstić information content (AvgIpc) is 2.41. The van der Waals surface area contributed by atoms with Crippen LogP contribution < -0.4 is 5.32 Å². The Kier molecular flexibility index (Phi) is 3.93. The highest BCUT2D eigenvalue weighted by Gasteiger charge is 2.38. The fourth-order valence-corrected chi connectivity index (χ4v) is 2.31. The fraction of sp³-hybridized carbons (Fsp3) is 0.429. The minimum Gasteiger partial charge on any atom is -0.343 e. The molecule has 2 atom stereocenters. The molecule has 2 amide bonds. The molecule has 1 fully saturated rings. The molecule has 1 aliphatic heterocycles. The molecule has 1 heterocycles. The number of hydrogen-bond acceptors (Lipinski definition) is 2. The van der Waals surface area contributed by atoms with E-state index in [9.17, 15) is 22.8 Å². The second-order valence-electron chi connectivity index (χ2n) is 5.03. The van der Waals surface area contributed by atoms with Crippen molar-refractivity contribution in [2.24, 2.45) is 0 Å². The Morgan fingerprint density at radius 1 is 1.19 bits per heavy atom. The molecule has 4 nitrogen and oxygen atoms in total. The maximum atomic E-state index is 13.0. The van der Waals surface area contributed by atoms with Crippen LogP contribution in [0.2, 0.25) is 0 Å². The maximum absolute atomic E-state index is 13.0. The smallest absolute Gasteiger partial charge is 0.343 e. The number of nitrogens with zero attached hydrogens (tertiary/aromatic N) is 1. The van der Waals surface area contributed by atoms with Gasteiger partial charge in [-0.1, -0.05) is 18.2 Å². The molecule has 0 bridgehead atoms. The van der Waals surface area contributed by atoms with Gasteiger partial charge in [-0.05, 0) is 25.5 Å². The van der Waals surface area contributed by atoms with Crippen molar-refractivity contribution in [3.05, 3.63) is 35.4 Å². The van der Waals surface area contributed by atoms with Gasteiger partial charge in [0.1, 0.15) is 12.1 Å². The SMILES string of the molecule is CC1NC(=O)C(C)N(Cc2ccccc2C(F)(F)F)C1=O. The van der Waals surface area contributed by atoms with Crippen LogP contribution in [-0.4, -0.2) is 28.8 Å². The number of rotatable bonds is 2. The molecule has 114 valence electrons. The van der Waals surface area contributed by atoms with Crippen LogP contribution in [0.15, 0.2) is 24.3 Å². The van der Waals surface area contributed by atoms with Gasteiger partial charge in [-0.15, -0.1) is 0 Å². The van der Waals surface area contributed by atoms with Crippen molar-refractivity contribution in [2.45, 2.75) is 38.7 Å². The fourth-order valence-electron chi connectivity index (χ4n) is 2.31. The Morgan fingerprint density at radius 3 is 2.43 bits per heavy atom. The third-order valence-corrected chi connectivity index (χ3v) is 3.52. The highest BCUT2D eigenvalue weighted by molar-refractivity contribution is 5.96. The summed E-state index contributed by atoms with van der Waals surface area (Å²) in [5.41, 5.74) is -0.810. The van der Waals surface area contributed by atoms with E-state index >= 15 is 0 Å². The van der Waals surface area contributed by atoms with Crippen molar-refractivity contribution >= 4 is 11.8 Å². The highest BCUT2D eigenvalue weighted by Crippen LogP contribution is 2.32. The van der Waals surface area contributed by atoms with E-state index in [0.29, 0.717) is 0 Å². The molecule has 21 heavy (non-hydrogen) atoms. The summed E-state index contributed by atoms with van der Waals surface area (Å²) >= 11 is 0. The van der Waals surface area contributed by atoms with E-state index in [1.165, 1.54) is 36.9 Å². The molecule has 1 saturated heterocycles. The Morgan fingerprint density at radius 2 is 1.81 bits per heavy atom. The normalized spacial score (nSPS) is 23.2. The molecular weight excluding hydrogens is 285 g/mol. The zero-order valence-electron chi connectivity index (χ0n) is 11.6. The van der Waals surface area contributed by atoms with E-state index in [1.54, 1.807) is 0 Å². The molecule has 0 spiro atoms. The molecule has 0 aromatic heterocycles. The second-order valence-corrected chi connectivity index (χ2v) is 5.03. The largest absolute Gasteiger partial charge is 0.416 e. The van der Waals surface area contributed by atoms with Crippen LogP contribution in [0.5, 0.6) is 0 Å². The minimum atomic E-state index is -4.49. The van der Waals surface area contributed by atoms with Gasteiger partial charge in [0.15, 0.2) is 0 Å². The maximum Gasteiger partial charge on any atom is 0.416 e. The summed E-state index contributed by atoms with van der Waals surface area (Å²) in [5, 5.41) is 2.49. The lowest BCUT2D eigenvalue weighted by Crippen LogP contribution is -2.61. The van der Waals surface area contributed by atoms with Crippen LogP contribution in [0.4, 0.5) is 13.2 Å². The van der Waals surface area contributed by atoms with Crippen molar-refractivity contribution in [3.8, 4) is 0 Å². The van der Waals surface area contributed by atoms with Gasteiger partial charge < -0.3 is 10.2 Å². The molecule has 1 aromatic carbocycles. The number of benzene rings is 1. The van der Waals surface area contributed by atoms with Crippen molar-refractivity contribution in [1.82, 2.24) is 10.2 Å². The summed E-state index contributed by atoms with van der Waals surface area (Å²) in [6.07, 6.45) is -4.49. The number of nitrogens with one attached hydrogen (secondary N) is 1. The molecule has 1 aromatic rings. The first-order valence-corrected chi connectivity index (χ1v) is 6.47. The number of carbonyl (C=O) groups excluding carboxylic acids is 2. The van der Waals surface area contributed by atoms with E-state index < -0.39 is 23.8 Å². The Balaban J connectivity index is 2.33. The van der Waals surface area contributed by atoms with Gasteiger partial charge in [-0.2, -0.15) is 13.2 Å². The number of alkyl halides is 3. The zero-order chi connectivity index (χ0) is 15.8. The molecule has 1 N–H and O–H groups in total. The van der Waals surface area contributed by atoms with Crippen molar-refractivity contribution in [3.63, 3.8) is 0 Å². The first-order chi connectivity index (χ1) is 9.71. The Bertz CT molecular complexity index is 572. The Hall–Kier alpha value is -2.05. The average molecular weight is 300 g/mol. The minimum absolute atomic E-state index is 0.0212. The highest BCUT2D eigenvalue weighted by atomic mass is 19.4. The van der Waals surface area contributed by atoms with Crippen LogP contribution >= 0.6 is 0 Å². The van der Waals surface area contributed by atoms with Crippen LogP contribution in [0, 0.1) is 0 Å². The van der Waals surface area contributed by atoms with Gasteiger partial charge in [0.2, 0.25) is 11.8 Å². The third kappa shape index (κ3) is 3.01. The van der Waals surface area contributed by atoms with Gasteiger partial charge >= 0.3 is 6.18 Å². The van der Waals surface area contributed by atoms with E-state index in [4.69, 9.17) is 0 Å². The predicted molar refractivity (Wildman–Crippen MR) is 69.1 cm³/mol. The van der Waals surface area contributed by atoms with Crippen molar-refractivity contribution in [2.75, 3.05) is 0 Å². The first-order valence-electron chi connectivity index (χ1n) is 6.47. The standard InChI is InChI=1S/C14H15F3N2O2/c1-8-13(21)19(9(2)12(20)18-8)7-10-5-3-4-6-11(10)14(15,16)17/h3-6,8-9H,7H2,1-2H3,(H,18,20). The van der Waals surface area contributed by atoms with Gasteiger partial charge in [-0.3, -0.25) is 9.59 Å². The molecule has 1 aliphatic rings. The summed E-state index contributed by atoms with van der Waals surface area (Å²) in [7, 11) is 0. The third-order valence-electron chi connectivity index (χ3n) is 3.52. The lowest BCUT2D eigenvalue weighted by atomic mass is 10.0. The van der Waals surface area contributed by atoms with Gasteiger partial charge in [0.05, 0.1) is 5.56 Å². The molecule has 2 rings (SSSR count). The molecule has 0 aliphatic carbocycles. The summed E-state index contributed by atoms with van der Waals surface area (Å²) in [4.78, 5) is 25.0. The number of amides is 2. The molecule has 2 unspecified atom stereocenters. The Labute approximate surface area is 119 Å². The molecule has 0 saturated carbocycles. The predicted octanol–water partition coefficient (Wildman–Crippen LogP) is 1.94. The summed E-state index contributed by atoms with van der Waals surface area (Å²) in [5.74, 6) is -0.759. The number of carbonyl (C=O) groups is 2. The van der Waals surface area contributed by atoms with Crippen molar-refractivity contribution in [1.29, 1.82) is 0 Å². The van der Waals surface area contributed by atoms with Gasteiger partial charge in [0.25, 0.3) is 0 Å². The molecule has 7 heteroatoms. The van der Waals surface area contributed by atoms with E-state index in [1.807, 2.05) is 0 Å².